The van der Waals surface area contributed by atoms with Crippen LogP contribution >= 0.6 is 0 Å². The number of aliphatic hydroxyl groups is 3. The minimum atomic E-state index is -2.84. The molecule has 27 heavy (non-hydrogen) atoms. The average molecular weight is 381 g/mol. The Morgan fingerprint density at radius 3 is 2.89 bits per heavy atom. The lowest BCUT2D eigenvalue weighted by Gasteiger charge is -2.60. The zero-order chi connectivity index (χ0) is 25.0. The van der Waals surface area contributed by atoms with Crippen LogP contribution in [0.2, 0.25) is 0 Å². The normalized spacial score (nSPS) is 59.6. The summed E-state index contributed by atoms with van der Waals surface area (Å²) in [6, 6.07) is 0. The van der Waals surface area contributed by atoms with Gasteiger partial charge in [0.25, 0.3) is 0 Å². The van der Waals surface area contributed by atoms with Crippen LogP contribution < -0.4 is 0 Å². The fourth-order valence-electron chi connectivity index (χ4n) is 6.29. The maximum Gasteiger partial charge on any atom is 0.190 e. The molecule has 0 aromatic heterocycles. The molecule has 0 aromatic rings. The topological polar surface area (TPSA) is 94.8 Å². The molecule has 0 unspecified atom stereocenters. The second kappa shape index (κ2) is 5.85. The van der Waals surface area contributed by atoms with Gasteiger partial charge in [0.15, 0.2) is 11.6 Å². The van der Waals surface area contributed by atoms with E-state index in [1.54, 1.807) is 6.92 Å². The smallest absolute Gasteiger partial charge is 0.190 e. The van der Waals surface area contributed by atoms with E-state index in [4.69, 9.17) is 8.22 Å². The number of carbonyl (C=O) groups is 2. The zero-order valence-corrected chi connectivity index (χ0v) is 15.5. The van der Waals surface area contributed by atoms with E-state index in [-0.39, 0.29) is 24.8 Å². The Bertz CT molecular complexity index is 971. The van der Waals surface area contributed by atoms with Crippen LogP contribution in [0.3, 0.4) is 0 Å². The number of aliphatic hydroxyl groups excluding tert-OH is 1. The lowest BCUT2D eigenvalue weighted by molar-refractivity contribution is -0.180. The monoisotopic (exact) mass is 380 g/mol. The van der Waals surface area contributed by atoms with Crippen LogP contribution in [0.15, 0.2) is 23.8 Å². The van der Waals surface area contributed by atoms with E-state index in [1.165, 1.54) is 25.2 Å². The molecule has 3 saturated carbocycles. The van der Waals surface area contributed by atoms with Gasteiger partial charge in [0, 0.05) is 23.6 Å². The van der Waals surface area contributed by atoms with E-state index < -0.39 is 77.6 Å². The molecule has 0 aromatic carbocycles. The maximum absolute atomic E-state index is 12.6. The summed E-state index contributed by atoms with van der Waals surface area (Å²) in [6.07, 6.45) is -1.74. The highest BCUT2D eigenvalue weighted by atomic mass is 16.3. The van der Waals surface area contributed by atoms with Crippen molar-refractivity contribution in [2.24, 2.45) is 34.5 Å². The molecule has 0 heterocycles. The van der Waals surface area contributed by atoms with Crippen molar-refractivity contribution in [2.75, 3.05) is 6.61 Å². The number of ketones is 2. The first-order valence-electron chi connectivity index (χ1n) is 12.5. The van der Waals surface area contributed by atoms with Gasteiger partial charge in [-0.05, 0) is 55.5 Å². The van der Waals surface area contributed by atoms with Gasteiger partial charge in [-0.1, -0.05) is 32.3 Å². The van der Waals surface area contributed by atoms with Gasteiger partial charge in [0.1, 0.15) is 12.2 Å². The largest absolute Gasteiger partial charge is 0.393 e. The molecule has 4 rings (SSSR count). The first-order valence-corrected chi connectivity index (χ1v) is 9.45. The predicted octanol–water partition coefficient (Wildman–Crippen LogP) is 1.80. The van der Waals surface area contributed by atoms with Gasteiger partial charge < -0.3 is 15.3 Å². The summed E-state index contributed by atoms with van der Waals surface area (Å²) in [6.45, 7) is -0.568. The number of Topliss-reactive ketones (excluding diaryl/α,β-unsaturated/α-hetero) is 1. The van der Waals surface area contributed by atoms with Crippen molar-refractivity contribution in [3.63, 3.8) is 0 Å². The molecule has 3 N–H and O–H groups in total. The Kier molecular flexibility index (Phi) is 2.82. The van der Waals surface area contributed by atoms with E-state index >= 15 is 0 Å². The molecule has 8 atom stereocenters. The summed E-state index contributed by atoms with van der Waals surface area (Å²) in [4.78, 5) is 24.8. The highest BCUT2D eigenvalue weighted by molar-refractivity contribution is 6.01. The molecule has 0 amide bonds. The molecule has 5 heteroatoms. The number of hydrogen-bond acceptors (Lipinski definition) is 5. The van der Waals surface area contributed by atoms with E-state index in [0.29, 0.717) is 0 Å². The van der Waals surface area contributed by atoms with Gasteiger partial charge in [-0.3, -0.25) is 9.59 Å². The molecule has 0 bridgehead atoms. The molecule has 5 nitrogen and oxygen atoms in total. The second-order valence-electron chi connectivity index (χ2n) is 8.85. The maximum atomic E-state index is 12.6. The average Bonchev–Trinajstić information content (AvgIpc) is 2.98. The second-order valence-corrected chi connectivity index (χ2v) is 8.85. The summed E-state index contributed by atoms with van der Waals surface area (Å²) in [5.74, 6) is -5.05. The van der Waals surface area contributed by atoms with Crippen LogP contribution in [0, 0.1) is 34.5 Å². The van der Waals surface area contributed by atoms with Crippen molar-refractivity contribution < 1.29 is 33.1 Å². The van der Waals surface area contributed by atoms with Gasteiger partial charge in [0.2, 0.25) is 0 Å². The number of carbonyl (C=O) groups excluding carboxylic acids is 2. The van der Waals surface area contributed by atoms with E-state index in [2.05, 4.69) is 0 Å². The van der Waals surface area contributed by atoms with Gasteiger partial charge in [-0.15, -0.1) is 0 Å². The number of allylic oxidation sites excluding steroid dienone is 4. The van der Waals surface area contributed by atoms with E-state index in [1.807, 2.05) is 0 Å². The van der Waals surface area contributed by atoms with Crippen LogP contribution in [-0.4, -0.2) is 45.2 Å². The zero-order valence-electron chi connectivity index (χ0n) is 21.5. The fourth-order valence-corrected chi connectivity index (χ4v) is 6.29. The van der Waals surface area contributed by atoms with Crippen LogP contribution in [-0.2, 0) is 9.59 Å². The summed E-state index contributed by atoms with van der Waals surface area (Å²) < 4.78 is 51.2. The quantitative estimate of drug-likeness (QED) is 0.679. The third kappa shape index (κ3) is 2.28. The highest BCUT2D eigenvalue weighted by Crippen LogP contribution is 2.67. The Morgan fingerprint density at radius 2 is 2.22 bits per heavy atom. The third-order valence-corrected chi connectivity index (χ3v) is 7.69. The van der Waals surface area contributed by atoms with Crippen molar-refractivity contribution in [1.29, 1.82) is 0 Å². The Hall–Kier alpha value is -1.30. The Morgan fingerprint density at radius 1 is 1.48 bits per heavy atom. The highest BCUT2D eigenvalue weighted by Gasteiger charge is 2.68. The van der Waals surface area contributed by atoms with Crippen LogP contribution in [0.4, 0.5) is 0 Å². The number of hydrogen-bond donors (Lipinski definition) is 3. The fraction of sp³-hybridized carbons (Fsp3) is 0.727. The van der Waals surface area contributed by atoms with E-state index in [0.717, 1.165) is 0 Å². The van der Waals surface area contributed by atoms with Gasteiger partial charge in [-0.2, -0.15) is 0 Å². The minimum Gasteiger partial charge on any atom is -0.393 e. The molecule has 148 valence electrons. The van der Waals surface area contributed by atoms with Crippen LogP contribution in [0.5, 0.6) is 0 Å². The molecule has 0 radical (unpaired) electrons. The predicted molar refractivity (Wildman–Crippen MR) is 99.6 cm³/mol. The van der Waals surface area contributed by atoms with E-state index in [9.17, 15) is 24.9 Å². The van der Waals surface area contributed by atoms with Crippen LogP contribution in [0.1, 0.15) is 54.6 Å². The van der Waals surface area contributed by atoms with Crippen molar-refractivity contribution >= 4 is 11.6 Å². The molecule has 4 aliphatic rings. The van der Waals surface area contributed by atoms with Crippen molar-refractivity contribution in [1.82, 2.24) is 0 Å². The van der Waals surface area contributed by atoms with Gasteiger partial charge in [0.05, 0.1) is 7.45 Å². The Balaban J connectivity index is 1.98. The van der Waals surface area contributed by atoms with Gasteiger partial charge in [-0.25, -0.2) is 0 Å². The summed E-state index contributed by atoms with van der Waals surface area (Å²) >= 11 is 0. The van der Waals surface area contributed by atoms with Crippen molar-refractivity contribution in [3.05, 3.63) is 23.8 Å². The lowest BCUT2D eigenvalue weighted by Crippen LogP contribution is -2.62. The summed E-state index contributed by atoms with van der Waals surface area (Å²) in [7, 11) is 0. The molecule has 3 fully saturated rings. The summed E-state index contributed by atoms with van der Waals surface area (Å²) in [5.41, 5.74) is -5.30. The molecule has 0 spiro atoms. The van der Waals surface area contributed by atoms with Crippen molar-refractivity contribution in [3.8, 4) is 0 Å². The van der Waals surface area contributed by atoms with Crippen LogP contribution in [0.25, 0.3) is 0 Å². The standard InChI is InChI=1S/C22H30O5/c1-12-8-14-15-5-7-22(27,18(26)11-23)21(15,3)10-17(25)19(14)20(2)6-4-13(24)9-16(12)20/h4,6,9,12,14-15,17,19,23,25,27H,5,7-8,10-11H2,1-3H3/t12-,14-,15-,17-,19+,20-,21-,22-/m0/s1/i1D3,10D2,17D. The summed E-state index contributed by atoms with van der Waals surface area (Å²) in [5, 5.41) is 32.5. The molecule has 0 aliphatic heterocycles. The number of rotatable bonds is 2. The molecular formula is C22H30O5. The lowest BCUT2D eigenvalue weighted by atomic mass is 9.45. The minimum absolute atomic E-state index is 0.0510. The third-order valence-electron chi connectivity index (χ3n) is 7.69. The molecule has 0 saturated heterocycles. The SMILES string of the molecule is [2H]C([2H])([2H])[C@H]1C[C@@H]2[C@@H]([C@@]3(C)C=CC(=O)C=C13)[C@@]([2H])(O)C([2H])([2H])[C@@]1(C)[C@H]2CC[C@]1(O)C(=O)CO. The number of fused-ring (bicyclic) bond motifs is 5. The molecule has 4 aliphatic carbocycles. The first-order chi connectivity index (χ1) is 14.9. The molecular weight excluding hydrogens is 344 g/mol. The Labute approximate surface area is 168 Å². The van der Waals surface area contributed by atoms with Crippen molar-refractivity contribution in [2.45, 2.75) is 58.0 Å². The first kappa shape index (κ1) is 13.0. The van der Waals surface area contributed by atoms with Gasteiger partial charge >= 0.3 is 0 Å².